The van der Waals surface area contributed by atoms with Gasteiger partial charge in [0.2, 0.25) is 0 Å². The fraction of sp³-hybridized carbons (Fsp3) is 0.385. The second-order valence-corrected chi connectivity index (χ2v) is 3.83. The number of phenols is 1. The molecule has 0 radical (unpaired) electrons. The first kappa shape index (κ1) is 12.4. The van der Waals surface area contributed by atoms with Crippen molar-refractivity contribution in [2.75, 3.05) is 14.2 Å². The monoisotopic (exact) mass is 222 g/mol. The summed E-state index contributed by atoms with van der Waals surface area (Å²) < 4.78 is 10.4. The van der Waals surface area contributed by atoms with Crippen LogP contribution in [0.3, 0.4) is 0 Å². The Bertz CT molecular complexity index is 390. The fourth-order valence-corrected chi connectivity index (χ4v) is 1.49. The van der Waals surface area contributed by atoms with Crippen LogP contribution >= 0.6 is 0 Å². The van der Waals surface area contributed by atoms with Gasteiger partial charge in [0.15, 0.2) is 11.5 Å². The van der Waals surface area contributed by atoms with E-state index in [1.165, 1.54) is 5.57 Å². The van der Waals surface area contributed by atoms with Gasteiger partial charge in [-0.05, 0) is 26.3 Å². The summed E-state index contributed by atoms with van der Waals surface area (Å²) in [5, 5.41) is 9.55. The van der Waals surface area contributed by atoms with E-state index in [1.54, 1.807) is 26.4 Å². The summed E-state index contributed by atoms with van der Waals surface area (Å²) in [6, 6.07) is 3.24. The molecule has 0 heterocycles. The van der Waals surface area contributed by atoms with Crippen molar-refractivity contribution in [3.8, 4) is 17.2 Å². The number of phenolic OH excluding ortho intramolecular Hbond substituents is 1. The summed E-state index contributed by atoms with van der Waals surface area (Å²) in [6.07, 6.45) is 2.80. The van der Waals surface area contributed by atoms with Crippen molar-refractivity contribution in [3.05, 3.63) is 29.3 Å². The summed E-state index contributed by atoms with van der Waals surface area (Å²) in [5.74, 6) is 1.42. The van der Waals surface area contributed by atoms with Crippen LogP contribution in [0.4, 0.5) is 0 Å². The lowest BCUT2D eigenvalue weighted by Crippen LogP contribution is -1.95. The summed E-state index contributed by atoms with van der Waals surface area (Å²) in [7, 11) is 3.16. The molecule has 0 spiro atoms. The number of benzene rings is 1. The molecule has 0 aliphatic rings. The molecule has 0 aliphatic carbocycles. The van der Waals surface area contributed by atoms with Crippen LogP contribution in [-0.2, 0) is 6.42 Å². The molecular formula is C13H18O3. The van der Waals surface area contributed by atoms with Crippen molar-refractivity contribution in [1.29, 1.82) is 0 Å². The number of methoxy groups -OCH3 is 2. The molecule has 0 saturated carbocycles. The zero-order valence-corrected chi connectivity index (χ0v) is 10.2. The molecule has 0 fully saturated rings. The summed E-state index contributed by atoms with van der Waals surface area (Å²) in [4.78, 5) is 0. The molecule has 3 nitrogen and oxygen atoms in total. The maximum absolute atomic E-state index is 9.55. The predicted octanol–water partition coefficient (Wildman–Crippen LogP) is 2.92. The van der Waals surface area contributed by atoms with E-state index in [9.17, 15) is 5.11 Å². The van der Waals surface area contributed by atoms with Gasteiger partial charge in [0, 0.05) is 11.6 Å². The molecule has 88 valence electrons. The maximum Gasteiger partial charge on any atom is 0.164 e. The molecule has 0 atom stereocenters. The van der Waals surface area contributed by atoms with Gasteiger partial charge >= 0.3 is 0 Å². The lowest BCUT2D eigenvalue weighted by Gasteiger charge is -2.12. The Morgan fingerprint density at radius 1 is 1.25 bits per heavy atom. The van der Waals surface area contributed by atoms with Gasteiger partial charge in [0.25, 0.3) is 0 Å². The lowest BCUT2D eigenvalue weighted by molar-refractivity contribution is 0.348. The van der Waals surface area contributed by atoms with Crippen LogP contribution in [-0.4, -0.2) is 19.3 Å². The third-order valence-electron chi connectivity index (χ3n) is 2.27. The highest BCUT2D eigenvalue weighted by molar-refractivity contribution is 5.52. The van der Waals surface area contributed by atoms with Crippen LogP contribution in [0.1, 0.15) is 19.4 Å². The van der Waals surface area contributed by atoms with E-state index in [2.05, 4.69) is 6.08 Å². The molecule has 0 bridgehead atoms. The minimum atomic E-state index is 0.190. The Morgan fingerprint density at radius 3 is 2.44 bits per heavy atom. The Hall–Kier alpha value is -1.64. The largest absolute Gasteiger partial charge is 0.508 e. The van der Waals surface area contributed by atoms with Crippen LogP contribution in [0.2, 0.25) is 0 Å². The number of allylic oxidation sites excluding steroid dienone is 2. The van der Waals surface area contributed by atoms with Crippen LogP contribution in [0.25, 0.3) is 0 Å². The zero-order valence-electron chi connectivity index (χ0n) is 10.2. The Balaban J connectivity index is 3.14. The second kappa shape index (κ2) is 5.45. The van der Waals surface area contributed by atoms with Crippen molar-refractivity contribution < 1.29 is 14.6 Å². The maximum atomic E-state index is 9.55. The number of hydrogen-bond donors (Lipinski definition) is 1. The molecule has 3 heteroatoms. The smallest absolute Gasteiger partial charge is 0.164 e. The first-order valence-corrected chi connectivity index (χ1v) is 5.15. The number of hydrogen-bond acceptors (Lipinski definition) is 3. The standard InChI is InChI=1S/C13H18O3/c1-9(2)5-6-10-7-11(14)8-12(15-3)13(10)16-4/h5,7-8,14H,6H2,1-4H3. The third-order valence-corrected chi connectivity index (χ3v) is 2.27. The molecule has 1 aromatic rings. The highest BCUT2D eigenvalue weighted by Crippen LogP contribution is 2.35. The highest BCUT2D eigenvalue weighted by atomic mass is 16.5. The molecular weight excluding hydrogens is 204 g/mol. The predicted molar refractivity (Wildman–Crippen MR) is 64.3 cm³/mol. The zero-order chi connectivity index (χ0) is 12.1. The van der Waals surface area contributed by atoms with Crippen molar-refractivity contribution in [2.24, 2.45) is 0 Å². The van der Waals surface area contributed by atoms with E-state index in [0.717, 1.165) is 12.0 Å². The van der Waals surface area contributed by atoms with E-state index in [4.69, 9.17) is 9.47 Å². The molecule has 1 N–H and O–H groups in total. The van der Waals surface area contributed by atoms with Crippen LogP contribution < -0.4 is 9.47 Å². The van der Waals surface area contributed by atoms with Crippen LogP contribution in [0.5, 0.6) is 17.2 Å². The van der Waals surface area contributed by atoms with Gasteiger partial charge in [-0.1, -0.05) is 11.6 Å². The van der Waals surface area contributed by atoms with E-state index in [-0.39, 0.29) is 5.75 Å². The molecule has 0 saturated heterocycles. The van der Waals surface area contributed by atoms with Crippen molar-refractivity contribution in [1.82, 2.24) is 0 Å². The quantitative estimate of drug-likeness (QED) is 0.796. The minimum absolute atomic E-state index is 0.190. The third kappa shape index (κ3) is 2.92. The lowest BCUT2D eigenvalue weighted by atomic mass is 10.1. The van der Waals surface area contributed by atoms with E-state index in [1.807, 2.05) is 13.8 Å². The van der Waals surface area contributed by atoms with Gasteiger partial charge in [-0.25, -0.2) is 0 Å². The second-order valence-electron chi connectivity index (χ2n) is 3.83. The van der Waals surface area contributed by atoms with E-state index in [0.29, 0.717) is 11.5 Å². The van der Waals surface area contributed by atoms with Gasteiger partial charge in [0.1, 0.15) is 5.75 Å². The average Bonchev–Trinajstić information content (AvgIpc) is 2.25. The first-order valence-electron chi connectivity index (χ1n) is 5.15. The van der Waals surface area contributed by atoms with Gasteiger partial charge in [-0.15, -0.1) is 0 Å². The number of ether oxygens (including phenoxy) is 2. The van der Waals surface area contributed by atoms with Gasteiger partial charge in [-0.2, -0.15) is 0 Å². The Labute approximate surface area is 96.3 Å². The Kier molecular flexibility index (Phi) is 4.23. The van der Waals surface area contributed by atoms with Gasteiger partial charge < -0.3 is 14.6 Å². The molecule has 0 aromatic heterocycles. The normalized spacial score (nSPS) is 9.75. The minimum Gasteiger partial charge on any atom is -0.508 e. The van der Waals surface area contributed by atoms with Crippen molar-refractivity contribution >= 4 is 0 Å². The summed E-state index contributed by atoms with van der Waals surface area (Å²) >= 11 is 0. The molecule has 0 unspecified atom stereocenters. The topological polar surface area (TPSA) is 38.7 Å². The fourth-order valence-electron chi connectivity index (χ4n) is 1.49. The molecule has 0 aliphatic heterocycles. The number of rotatable bonds is 4. The molecule has 1 aromatic carbocycles. The molecule has 0 amide bonds. The van der Waals surface area contributed by atoms with Gasteiger partial charge in [0.05, 0.1) is 14.2 Å². The van der Waals surface area contributed by atoms with Crippen LogP contribution in [0, 0.1) is 0 Å². The Morgan fingerprint density at radius 2 is 1.94 bits per heavy atom. The van der Waals surface area contributed by atoms with E-state index < -0.39 is 0 Å². The first-order chi connectivity index (χ1) is 7.58. The van der Waals surface area contributed by atoms with Crippen molar-refractivity contribution in [2.45, 2.75) is 20.3 Å². The summed E-state index contributed by atoms with van der Waals surface area (Å²) in [6.45, 7) is 4.07. The summed E-state index contributed by atoms with van der Waals surface area (Å²) in [5.41, 5.74) is 2.14. The van der Waals surface area contributed by atoms with E-state index >= 15 is 0 Å². The van der Waals surface area contributed by atoms with Gasteiger partial charge in [-0.3, -0.25) is 0 Å². The SMILES string of the molecule is COc1cc(O)cc(CC=C(C)C)c1OC. The molecule has 1 rings (SSSR count). The highest BCUT2D eigenvalue weighted by Gasteiger charge is 2.11. The molecule has 16 heavy (non-hydrogen) atoms. The van der Waals surface area contributed by atoms with Crippen molar-refractivity contribution in [3.63, 3.8) is 0 Å². The van der Waals surface area contributed by atoms with Crippen LogP contribution in [0.15, 0.2) is 23.8 Å². The average molecular weight is 222 g/mol. The number of aromatic hydroxyl groups is 1.